The van der Waals surface area contributed by atoms with Crippen molar-refractivity contribution >= 4 is 11.5 Å². The number of ether oxygens (including phenoxy) is 1. The molecule has 1 aromatic heterocycles. The molecule has 0 atom stereocenters. The van der Waals surface area contributed by atoms with Crippen LogP contribution in [-0.4, -0.2) is 25.2 Å². The summed E-state index contributed by atoms with van der Waals surface area (Å²) in [4.78, 5) is 6.62. The molecule has 0 amide bonds. The van der Waals surface area contributed by atoms with E-state index < -0.39 is 0 Å². The lowest BCUT2D eigenvalue weighted by Crippen LogP contribution is -2.22. The molecule has 0 fully saturated rings. The third-order valence-electron chi connectivity index (χ3n) is 3.13. The summed E-state index contributed by atoms with van der Waals surface area (Å²) in [6.45, 7) is 3.55. The molecular formula is C16H21N3O. The second kappa shape index (κ2) is 6.91. The summed E-state index contributed by atoms with van der Waals surface area (Å²) in [5, 5.41) is 0. The molecule has 0 spiro atoms. The van der Waals surface area contributed by atoms with Crippen LogP contribution in [0, 0.1) is 6.92 Å². The van der Waals surface area contributed by atoms with Gasteiger partial charge in [0.1, 0.15) is 0 Å². The molecule has 0 radical (unpaired) electrons. The van der Waals surface area contributed by atoms with Gasteiger partial charge in [0.05, 0.1) is 7.11 Å². The number of anilines is 2. The molecule has 20 heavy (non-hydrogen) atoms. The van der Waals surface area contributed by atoms with E-state index in [1.165, 1.54) is 5.56 Å². The smallest absolute Gasteiger partial charge is 0.175 e. The van der Waals surface area contributed by atoms with Gasteiger partial charge < -0.3 is 15.4 Å². The average Bonchev–Trinajstić information content (AvgIpc) is 2.48. The number of hydrogen-bond acceptors (Lipinski definition) is 4. The molecule has 0 aliphatic rings. The lowest BCUT2D eigenvalue weighted by molar-refractivity contribution is 0.413. The summed E-state index contributed by atoms with van der Waals surface area (Å²) < 4.78 is 5.42. The van der Waals surface area contributed by atoms with Crippen LogP contribution in [0.1, 0.15) is 12.0 Å². The molecule has 2 aromatic rings. The van der Waals surface area contributed by atoms with Gasteiger partial charge in [0.2, 0.25) is 0 Å². The molecule has 0 saturated heterocycles. The van der Waals surface area contributed by atoms with Gasteiger partial charge in [0.15, 0.2) is 11.6 Å². The molecule has 2 rings (SSSR count). The molecule has 1 aromatic carbocycles. The van der Waals surface area contributed by atoms with Crippen LogP contribution in [-0.2, 0) is 0 Å². The fourth-order valence-electron chi connectivity index (χ4n) is 2.15. The Labute approximate surface area is 120 Å². The summed E-state index contributed by atoms with van der Waals surface area (Å²) in [6, 6.07) is 12.2. The minimum atomic E-state index is 0.650. The summed E-state index contributed by atoms with van der Waals surface area (Å²) in [7, 11) is 1.66. The average molecular weight is 271 g/mol. The molecule has 0 saturated carbocycles. The number of methoxy groups -OCH3 is 1. The predicted octanol–water partition coefficient (Wildman–Crippen LogP) is 2.89. The fourth-order valence-corrected chi connectivity index (χ4v) is 2.15. The van der Waals surface area contributed by atoms with Crippen LogP contribution in [0.15, 0.2) is 42.6 Å². The molecule has 0 aliphatic carbocycles. The second-order valence-electron chi connectivity index (χ2n) is 4.66. The molecule has 0 aliphatic heterocycles. The maximum atomic E-state index is 5.66. The van der Waals surface area contributed by atoms with Gasteiger partial charge in [-0.1, -0.05) is 12.1 Å². The first-order valence-electron chi connectivity index (χ1n) is 6.79. The van der Waals surface area contributed by atoms with Gasteiger partial charge in [0.25, 0.3) is 0 Å². The summed E-state index contributed by atoms with van der Waals surface area (Å²) in [5.74, 6) is 1.60. The van der Waals surface area contributed by atoms with Crippen molar-refractivity contribution in [3.8, 4) is 5.75 Å². The number of aryl methyl sites for hydroxylation is 1. The van der Waals surface area contributed by atoms with Gasteiger partial charge in [-0.3, -0.25) is 0 Å². The highest BCUT2D eigenvalue weighted by atomic mass is 16.5. The number of pyridine rings is 1. The van der Waals surface area contributed by atoms with Gasteiger partial charge in [-0.15, -0.1) is 0 Å². The van der Waals surface area contributed by atoms with Crippen molar-refractivity contribution in [2.75, 3.05) is 25.1 Å². The second-order valence-corrected chi connectivity index (χ2v) is 4.66. The van der Waals surface area contributed by atoms with E-state index in [1.807, 2.05) is 12.1 Å². The van der Waals surface area contributed by atoms with Gasteiger partial charge in [-0.05, 0) is 49.7 Å². The van der Waals surface area contributed by atoms with Crippen LogP contribution in [0.3, 0.4) is 0 Å². The van der Waals surface area contributed by atoms with Crippen molar-refractivity contribution in [1.82, 2.24) is 4.98 Å². The van der Waals surface area contributed by atoms with E-state index in [4.69, 9.17) is 10.5 Å². The standard InChI is InChI=1S/C16H21N3O/c1-13-6-3-7-14(12-13)19(11-5-9-17)16-15(20-2)8-4-10-18-16/h3-4,6-8,10,12H,5,9,11,17H2,1-2H3. The Morgan fingerprint density at radius 3 is 2.80 bits per heavy atom. The normalized spacial score (nSPS) is 10.3. The van der Waals surface area contributed by atoms with E-state index in [0.29, 0.717) is 6.54 Å². The number of nitrogens with zero attached hydrogens (tertiary/aromatic N) is 2. The molecule has 1 heterocycles. The highest BCUT2D eigenvalue weighted by molar-refractivity contribution is 5.65. The third kappa shape index (κ3) is 3.27. The fraction of sp³-hybridized carbons (Fsp3) is 0.312. The Bertz CT molecular complexity index is 557. The SMILES string of the molecule is COc1cccnc1N(CCCN)c1cccc(C)c1. The van der Waals surface area contributed by atoms with E-state index in [2.05, 4.69) is 41.1 Å². The van der Waals surface area contributed by atoms with Crippen LogP contribution < -0.4 is 15.4 Å². The highest BCUT2D eigenvalue weighted by Crippen LogP contribution is 2.31. The molecule has 106 valence electrons. The third-order valence-corrected chi connectivity index (χ3v) is 3.13. The maximum absolute atomic E-state index is 5.66. The largest absolute Gasteiger partial charge is 0.493 e. The van der Waals surface area contributed by atoms with Gasteiger partial charge in [0, 0.05) is 18.4 Å². The van der Waals surface area contributed by atoms with Crippen LogP contribution in [0.25, 0.3) is 0 Å². The van der Waals surface area contributed by atoms with Crippen molar-refractivity contribution in [2.24, 2.45) is 5.73 Å². The Morgan fingerprint density at radius 1 is 1.25 bits per heavy atom. The predicted molar refractivity (Wildman–Crippen MR) is 82.6 cm³/mol. The number of aromatic nitrogens is 1. The first-order valence-corrected chi connectivity index (χ1v) is 6.79. The van der Waals surface area contributed by atoms with Gasteiger partial charge in [-0.2, -0.15) is 0 Å². The molecular weight excluding hydrogens is 250 g/mol. The number of nitrogens with two attached hydrogens (primary N) is 1. The lowest BCUT2D eigenvalue weighted by Gasteiger charge is -2.25. The van der Waals surface area contributed by atoms with E-state index in [1.54, 1.807) is 13.3 Å². The zero-order valence-electron chi connectivity index (χ0n) is 12.0. The van der Waals surface area contributed by atoms with Gasteiger partial charge in [-0.25, -0.2) is 4.98 Å². The zero-order chi connectivity index (χ0) is 14.4. The van der Waals surface area contributed by atoms with Crippen LogP contribution in [0.4, 0.5) is 11.5 Å². The van der Waals surface area contributed by atoms with Crippen molar-refractivity contribution in [1.29, 1.82) is 0 Å². The first-order chi connectivity index (χ1) is 9.76. The number of hydrogen-bond donors (Lipinski definition) is 1. The van der Waals surface area contributed by atoms with Crippen molar-refractivity contribution < 1.29 is 4.74 Å². The van der Waals surface area contributed by atoms with E-state index in [-0.39, 0.29) is 0 Å². The van der Waals surface area contributed by atoms with Crippen molar-refractivity contribution in [3.63, 3.8) is 0 Å². The summed E-state index contributed by atoms with van der Waals surface area (Å²) >= 11 is 0. The molecule has 0 unspecified atom stereocenters. The van der Waals surface area contributed by atoms with Crippen LogP contribution in [0.2, 0.25) is 0 Å². The summed E-state index contributed by atoms with van der Waals surface area (Å²) in [5.41, 5.74) is 7.98. The highest BCUT2D eigenvalue weighted by Gasteiger charge is 2.14. The van der Waals surface area contributed by atoms with Gasteiger partial charge >= 0.3 is 0 Å². The lowest BCUT2D eigenvalue weighted by atomic mass is 10.2. The Kier molecular flexibility index (Phi) is 4.96. The number of benzene rings is 1. The topological polar surface area (TPSA) is 51.4 Å². The van der Waals surface area contributed by atoms with Crippen molar-refractivity contribution in [2.45, 2.75) is 13.3 Å². The number of rotatable bonds is 6. The summed E-state index contributed by atoms with van der Waals surface area (Å²) in [6.07, 6.45) is 2.68. The molecule has 0 bridgehead atoms. The Hall–Kier alpha value is -2.07. The van der Waals surface area contributed by atoms with E-state index >= 15 is 0 Å². The monoisotopic (exact) mass is 271 g/mol. The molecule has 4 heteroatoms. The van der Waals surface area contributed by atoms with E-state index in [9.17, 15) is 0 Å². The maximum Gasteiger partial charge on any atom is 0.175 e. The van der Waals surface area contributed by atoms with Crippen LogP contribution in [0.5, 0.6) is 5.75 Å². The van der Waals surface area contributed by atoms with Crippen LogP contribution >= 0.6 is 0 Å². The molecule has 4 nitrogen and oxygen atoms in total. The Morgan fingerprint density at radius 2 is 2.10 bits per heavy atom. The first kappa shape index (κ1) is 14.3. The zero-order valence-corrected chi connectivity index (χ0v) is 12.0. The minimum Gasteiger partial charge on any atom is -0.493 e. The van der Waals surface area contributed by atoms with E-state index in [0.717, 1.165) is 30.2 Å². The quantitative estimate of drug-likeness (QED) is 0.877. The molecule has 2 N–H and O–H groups in total. The minimum absolute atomic E-state index is 0.650. The van der Waals surface area contributed by atoms with Crippen molar-refractivity contribution in [3.05, 3.63) is 48.2 Å². The Balaban J connectivity index is 2.41.